The molecule has 0 amide bonds. The van der Waals surface area contributed by atoms with E-state index in [0.29, 0.717) is 6.04 Å². The maximum atomic E-state index is 10.8. The fourth-order valence-corrected chi connectivity index (χ4v) is 3.58. The molecule has 0 spiro atoms. The van der Waals surface area contributed by atoms with E-state index in [4.69, 9.17) is 4.42 Å². The predicted molar refractivity (Wildman–Crippen MR) is 117 cm³/mol. The molecule has 1 aliphatic rings. The highest BCUT2D eigenvalue weighted by atomic mass is 127. The molecule has 2 heterocycles. The lowest BCUT2D eigenvalue weighted by atomic mass is 9.96. The van der Waals surface area contributed by atoms with Gasteiger partial charge < -0.3 is 20.2 Å². The summed E-state index contributed by atoms with van der Waals surface area (Å²) >= 11 is 0. The van der Waals surface area contributed by atoms with E-state index >= 15 is 0 Å². The summed E-state index contributed by atoms with van der Waals surface area (Å²) in [5.41, 5.74) is -0.245. The zero-order valence-electron chi connectivity index (χ0n) is 16.8. The molecule has 0 aliphatic carbocycles. The van der Waals surface area contributed by atoms with Crippen LogP contribution in [0.4, 0.5) is 0 Å². The van der Waals surface area contributed by atoms with Crippen LogP contribution in [0.25, 0.3) is 0 Å². The molecule has 2 unspecified atom stereocenters. The van der Waals surface area contributed by atoms with Crippen molar-refractivity contribution in [2.45, 2.75) is 59.1 Å². The van der Waals surface area contributed by atoms with Crippen molar-refractivity contribution < 1.29 is 9.52 Å². The summed E-state index contributed by atoms with van der Waals surface area (Å²) in [7, 11) is 0. The van der Waals surface area contributed by atoms with Gasteiger partial charge in [-0.1, -0.05) is 6.92 Å². The van der Waals surface area contributed by atoms with Gasteiger partial charge in [-0.25, -0.2) is 4.99 Å². The van der Waals surface area contributed by atoms with Crippen molar-refractivity contribution in [2.75, 3.05) is 32.7 Å². The number of rotatable bonds is 7. The molecule has 0 bridgehead atoms. The van der Waals surface area contributed by atoms with Crippen molar-refractivity contribution >= 4 is 29.9 Å². The summed E-state index contributed by atoms with van der Waals surface area (Å²) in [5, 5.41) is 17.5. The number of furan rings is 1. The second kappa shape index (κ2) is 10.5. The van der Waals surface area contributed by atoms with Gasteiger partial charge in [0.15, 0.2) is 5.96 Å². The van der Waals surface area contributed by atoms with E-state index in [-0.39, 0.29) is 30.5 Å². The molecule has 7 heteroatoms. The van der Waals surface area contributed by atoms with Gasteiger partial charge in [0.1, 0.15) is 17.1 Å². The Kier molecular flexibility index (Phi) is 9.40. The third-order valence-corrected chi connectivity index (χ3v) is 4.92. The van der Waals surface area contributed by atoms with E-state index in [1.807, 2.05) is 26.8 Å². The topological polar surface area (TPSA) is 73.0 Å². The van der Waals surface area contributed by atoms with Crippen LogP contribution in [0, 0.1) is 13.8 Å². The molecule has 0 aromatic carbocycles. The Morgan fingerprint density at radius 3 is 2.69 bits per heavy atom. The van der Waals surface area contributed by atoms with Crippen molar-refractivity contribution in [1.82, 2.24) is 15.5 Å². The minimum absolute atomic E-state index is 0. The van der Waals surface area contributed by atoms with Crippen LogP contribution < -0.4 is 10.6 Å². The van der Waals surface area contributed by atoms with Crippen LogP contribution in [-0.2, 0) is 5.60 Å². The molecule has 26 heavy (non-hydrogen) atoms. The third-order valence-electron chi connectivity index (χ3n) is 4.92. The highest BCUT2D eigenvalue weighted by molar-refractivity contribution is 14.0. The van der Waals surface area contributed by atoms with Crippen LogP contribution in [-0.4, -0.2) is 54.7 Å². The van der Waals surface area contributed by atoms with E-state index in [1.54, 1.807) is 6.92 Å². The van der Waals surface area contributed by atoms with E-state index in [0.717, 1.165) is 42.7 Å². The lowest BCUT2D eigenvalue weighted by Crippen LogP contribution is -2.45. The van der Waals surface area contributed by atoms with Crippen LogP contribution in [0.2, 0.25) is 0 Å². The van der Waals surface area contributed by atoms with Gasteiger partial charge in [-0.15, -0.1) is 24.0 Å². The SMILES string of the molecule is CCNC(=NCC(C)(O)c1cc(C)oc1C)NCC1CCCN1CC.I. The van der Waals surface area contributed by atoms with Crippen LogP contribution in [0.5, 0.6) is 0 Å². The molecular formula is C19H35IN4O2. The second-order valence-electron chi connectivity index (χ2n) is 7.10. The molecule has 0 saturated carbocycles. The first kappa shape index (κ1) is 23.2. The first-order valence-corrected chi connectivity index (χ1v) is 9.43. The highest BCUT2D eigenvalue weighted by Crippen LogP contribution is 2.27. The number of aliphatic imine (C=N–C) groups is 1. The van der Waals surface area contributed by atoms with Crippen LogP contribution in [0.15, 0.2) is 15.5 Å². The van der Waals surface area contributed by atoms with Gasteiger partial charge in [0.05, 0.1) is 6.54 Å². The Morgan fingerprint density at radius 1 is 1.38 bits per heavy atom. The van der Waals surface area contributed by atoms with Crippen LogP contribution >= 0.6 is 24.0 Å². The number of hydrogen-bond donors (Lipinski definition) is 3. The Morgan fingerprint density at radius 2 is 2.12 bits per heavy atom. The summed E-state index contributed by atoms with van der Waals surface area (Å²) < 4.78 is 5.55. The third kappa shape index (κ3) is 6.13. The first-order chi connectivity index (χ1) is 11.9. The molecule has 1 aromatic rings. The fourth-order valence-electron chi connectivity index (χ4n) is 3.58. The molecule has 1 aromatic heterocycles. The number of aliphatic hydroxyl groups is 1. The van der Waals surface area contributed by atoms with Crippen molar-refractivity contribution in [3.8, 4) is 0 Å². The summed E-state index contributed by atoms with van der Waals surface area (Å²) in [5.74, 6) is 2.31. The second-order valence-corrected chi connectivity index (χ2v) is 7.10. The number of likely N-dealkylation sites (tertiary alicyclic amines) is 1. The molecule has 6 nitrogen and oxygen atoms in total. The van der Waals surface area contributed by atoms with Crippen molar-refractivity contribution in [1.29, 1.82) is 0 Å². The molecule has 3 N–H and O–H groups in total. The standard InChI is InChI=1S/C19H34N4O2.HI/c1-6-20-18(21-12-16-9-8-10-23(16)7-2)22-13-19(5,24)17-11-14(3)25-15(17)4;/h11,16,24H,6-10,12-13H2,1-5H3,(H2,20,21,22);1H. The van der Waals surface area contributed by atoms with Gasteiger partial charge in [0.25, 0.3) is 0 Å². The summed E-state index contributed by atoms with van der Waals surface area (Å²) in [6, 6.07) is 2.45. The molecule has 150 valence electrons. The predicted octanol–water partition coefficient (Wildman–Crippen LogP) is 2.76. The van der Waals surface area contributed by atoms with Crippen LogP contribution in [0.3, 0.4) is 0 Å². The smallest absolute Gasteiger partial charge is 0.191 e. The van der Waals surface area contributed by atoms with E-state index in [9.17, 15) is 5.11 Å². The summed E-state index contributed by atoms with van der Waals surface area (Å²) in [6.07, 6.45) is 2.49. The van der Waals surface area contributed by atoms with Gasteiger partial charge in [0.2, 0.25) is 0 Å². The molecule has 1 fully saturated rings. The number of halogens is 1. The molecule has 2 atom stereocenters. The van der Waals surface area contributed by atoms with Gasteiger partial charge in [-0.3, -0.25) is 4.90 Å². The Bertz CT molecular complexity index is 586. The number of guanidine groups is 1. The molecule has 1 saturated heterocycles. The summed E-state index contributed by atoms with van der Waals surface area (Å²) in [6.45, 7) is 14.0. The number of aryl methyl sites for hydroxylation is 2. The van der Waals surface area contributed by atoms with E-state index < -0.39 is 5.60 Å². The fraction of sp³-hybridized carbons (Fsp3) is 0.737. The van der Waals surface area contributed by atoms with Crippen LogP contribution in [0.1, 0.15) is 50.7 Å². The molecule has 2 rings (SSSR count). The summed E-state index contributed by atoms with van der Waals surface area (Å²) in [4.78, 5) is 7.11. The van der Waals surface area contributed by atoms with Crippen molar-refractivity contribution in [2.24, 2.45) is 4.99 Å². The molecule has 0 radical (unpaired) electrons. The Balaban J connectivity index is 0.00000338. The monoisotopic (exact) mass is 478 g/mol. The zero-order valence-corrected chi connectivity index (χ0v) is 19.1. The zero-order chi connectivity index (χ0) is 18.4. The largest absolute Gasteiger partial charge is 0.466 e. The number of hydrogen-bond acceptors (Lipinski definition) is 4. The lowest BCUT2D eigenvalue weighted by Gasteiger charge is -2.25. The first-order valence-electron chi connectivity index (χ1n) is 9.43. The normalized spacial score (nSPS) is 20.5. The van der Waals surface area contributed by atoms with Gasteiger partial charge in [-0.05, 0) is 59.7 Å². The maximum Gasteiger partial charge on any atom is 0.191 e. The van der Waals surface area contributed by atoms with Gasteiger partial charge in [0, 0.05) is 24.7 Å². The highest BCUT2D eigenvalue weighted by Gasteiger charge is 2.28. The van der Waals surface area contributed by atoms with Gasteiger partial charge in [-0.2, -0.15) is 0 Å². The molecule has 1 aliphatic heterocycles. The average molecular weight is 478 g/mol. The van der Waals surface area contributed by atoms with E-state index in [1.165, 1.54) is 19.4 Å². The minimum atomic E-state index is -1.05. The van der Waals surface area contributed by atoms with Crippen molar-refractivity contribution in [3.05, 3.63) is 23.2 Å². The number of nitrogens with zero attached hydrogens (tertiary/aromatic N) is 2. The minimum Gasteiger partial charge on any atom is -0.466 e. The molecular weight excluding hydrogens is 443 g/mol. The average Bonchev–Trinajstić information content (AvgIpc) is 3.15. The Labute approximate surface area is 174 Å². The van der Waals surface area contributed by atoms with Crippen molar-refractivity contribution in [3.63, 3.8) is 0 Å². The lowest BCUT2D eigenvalue weighted by molar-refractivity contribution is 0.0657. The van der Waals surface area contributed by atoms with Gasteiger partial charge >= 0.3 is 0 Å². The Hall–Kier alpha value is -0.800. The van der Waals surface area contributed by atoms with E-state index in [2.05, 4.69) is 27.4 Å². The number of nitrogens with one attached hydrogen (secondary N) is 2. The number of likely N-dealkylation sites (N-methyl/N-ethyl adjacent to an activating group) is 1. The maximum absolute atomic E-state index is 10.8. The quantitative estimate of drug-likeness (QED) is 0.320.